The Balaban J connectivity index is 1.82. The molecule has 8 aromatic rings. The van der Waals surface area contributed by atoms with E-state index in [-0.39, 0.29) is 0 Å². The molecule has 0 atom stereocenters. The topological polar surface area (TPSA) is 0 Å². The van der Waals surface area contributed by atoms with Gasteiger partial charge in [-0.3, -0.25) is 0 Å². The maximum atomic E-state index is 2.47. The van der Waals surface area contributed by atoms with Gasteiger partial charge in [-0.25, -0.2) is 0 Å². The van der Waals surface area contributed by atoms with Gasteiger partial charge in [-0.2, -0.15) is 0 Å². The summed E-state index contributed by atoms with van der Waals surface area (Å²) in [6.07, 6.45) is 0. The van der Waals surface area contributed by atoms with Gasteiger partial charge in [0.25, 0.3) is 0 Å². The smallest absolute Gasteiger partial charge is 0.000118 e. The number of fused-ring (bicyclic) bond motifs is 3. The van der Waals surface area contributed by atoms with Crippen LogP contribution in [0.25, 0.3) is 76.8 Å². The third-order valence-corrected chi connectivity index (χ3v) is 11.0. The molecule has 0 radical (unpaired) electrons. The second kappa shape index (κ2) is 12.1. The molecule has 0 nitrogen and oxygen atoms in total. The summed E-state index contributed by atoms with van der Waals surface area (Å²) in [4.78, 5) is 0. The summed E-state index contributed by atoms with van der Waals surface area (Å²) in [6.45, 7) is 18.1. The van der Waals surface area contributed by atoms with Crippen LogP contribution >= 0.6 is 0 Å². The largest absolute Gasteiger partial charge is 0.0622 e. The summed E-state index contributed by atoms with van der Waals surface area (Å²) in [7, 11) is 0. The lowest BCUT2D eigenvalue weighted by atomic mass is 9.75. The van der Waals surface area contributed by atoms with E-state index in [1.165, 1.54) is 121 Å². The van der Waals surface area contributed by atoms with E-state index in [0.29, 0.717) is 0 Å². The van der Waals surface area contributed by atoms with Gasteiger partial charge < -0.3 is 0 Å². The summed E-state index contributed by atoms with van der Waals surface area (Å²) >= 11 is 0. The second-order valence-electron chi connectivity index (χ2n) is 14.6. The minimum Gasteiger partial charge on any atom is -0.0622 e. The van der Waals surface area contributed by atoms with Crippen molar-refractivity contribution in [2.45, 2.75) is 55.4 Å². The predicted octanol–water partition coefficient (Wildman–Crippen LogP) is 14.3. The van der Waals surface area contributed by atoms with Crippen LogP contribution in [0.15, 0.2) is 121 Å². The minimum absolute atomic E-state index is 1.24. The molecule has 0 unspecified atom stereocenters. The van der Waals surface area contributed by atoms with Crippen LogP contribution in [-0.2, 0) is 0 Å². The average Bonchev–Trinajstić information content (AvgIpc) is 3.09. The lowest BCUT2D eigenvalue weighted by Crippen LogP contribution is -2.01. The van der Waals surface area contributed by atoms with Gasteiger partial charge in [-0.05, 0) is 166 Å². The van der Waals surface area contributed by atoms with Gasteiger partial charge in [0.1, 0.15) is 0 Å². The molecule has 8 aromatic carbocycles. The predicted molar refractivity (Wildman–Crippen MR) is 219 cm³/mol. The fraction of sp³-hybridized carbons (Fsp3) is 0.160. The van der Waals surface area contributed by atoms with E-state index < -0.39 is 0 Å². The lowest BCUT2D eigenvalue weighted by Gasteiger charge is -2.27. The fourth-order valence-electron chi connectivity index (χ4n) is 8.41. The number of benzene rings is 8. The Labute approximate surface area is 297 Å². The molecule has 0 heterocycles. The van der Waals surface area contributed by atoms with Gasteiger partial charge in [0.15, 0.2) is 0 Å². The van der Waals surface area contributed by atoms with Crippen LogP contribution in [0, 0.1) is 55.4 Å². The molecule has 0 N–H and O–H groups in total. The van der Waals surface area contributed by atoms with Crippen LogP contribution in [0.2, 0.25) is 0 Å². The Bertz CT molecular complexity index is 2600. The average molecular weight is 645 g/mol. The summed E-state index contributed by atoms with van der Waals surface area (Å²) in [5, 5.41) is 7.86. The highest BCUT2D eigenvalue weighted by Gasteiger charge is 2.27. The first-order valence-electron chi connectivity index (χ1n) is 17.9. The summed E-state index contributed by atoms with van der Waals surface area (Å²) in [5.74, 6) is 0. The number of aryl methyl sites for hydroxylation is 8. The van der Waals surface area contributed by atoms with Gasteiger partial charge in [0.05, 0.1) is 0 Å². The van der Waals surface area contributed by atoms with Crippen molar-refractivity contribution in [1.29, 1.82) is 0 Å². The van der Waals surface area contributed by atoms with E-state index >= 15 is 0 Å². The minimum atomic E-state index is 1.24. The van der Waals surface area contributed by atoms with Crippen LogP contribution < -0.4 is 0 Å². The summed E-state index contributed by atoms with van der Waals surface area (Å²) in [6, 6.07) is 46.0. The zero-order valence-electron chi connectivity index (χ0n) is 30.5. The molecule has 0 saturated carbocycles. The second-order valence-corrected chi connectivity index (χ2v) is 14.6. The van der Waals surface area contributed by atoms with E-state index in [0.717, 1.165) is 0 Å². The van der Waals surface area contributed by atoms with E-state index in [1.54, 1.807) is 0 Å². The Hall–Kier alpha value is -5.46. The highest BCUT2D eigenvalue weighted by molar-refractivity contribution is 6.34. The molecule has 0 heteroatoms. The standard InChI is InChI=1S/C50H44/c1-29-19-21-39(22-20-29)47-41-26-32(4)31(3)25-40(41)46(38-17-13-10-14-18-38)50-48(44-35(7)23-30(2)24-36(44)8)43-28-34(6)33(5)27-42(43)45(49(47)50)37-15-11-9-12-16-37/h9-28H,1-8H3. The van der Waals surface area contributed by atoms with Crippen molar-refractivity contribution in [3.8, 4) is 44.5 Å². The maximum Gasteiger partial charge on any atom is -0.000118 e. The van der Waals surface area contributed by atoms with Crippen LogP contribution in [0.5, 0.6) is 0 Å². The van der Waals surface area contributed by atoms with Crippen LogP contribution in [0.4, 0.5) is 0 Å². The first-order valence-corrected chi connectivity index (χ1v) is 17.9. The SMILES string of the molecule is Cc1ccc(-c2c3cc(C)c(C)cc3c(-c3ccccc3)c3c(-c4c(C)cc(C)cc4C)c4cc(C)c(C)cc4c(-c4ccccc4)c23)cc1. The molecule has 0 aliphatic carbocycles. The molecule has 50 heavy (non-hydrogen) atoms. The summed E-state index contributed by atoms with van der Waals surface area (Å²) < 4.78 is 0. The molecule has 0 amide bonds. The number of hydrogen-bond donors (Lipinski definition) is 0. The van der Waals surface area contributed by atoms with Gasteiger partial charge in [0.2, 0.25) is 0 Å². The van der Waals surface area contributed by atoms with E-state index in [4.69, 9.17) is 0 Å². The highest BCUT2D eigenvalue weighted by Crippen LogP contribution is 2.55. The molecule has 8 rings (SSSR count). The molecule has 0 aromatic heterocycles. The molecular weight excluding hydrogens is 601 g/mol. The molecule has 0 spiro atoms. The Morgan fingerprint density at radius 3 is 1.00 bits per heavy atom. The van der Waals surface area contributed by atoms with Crippen LogP contribution in [0.3, 0.4) is 0 Å². The van der Waals surface area contributed by atoms with Crippen LogP contribution in [0.1, 0.15) is 44.5 Å². The lowest BCUT2D eigenvalue weighted by molar-refractivity contribution is 1.32. The van der Waals surface area contributed by atoms with Crippen molar-refractivity contribution in [2.75, 3.05) is 0 Å². The molecule has 0 aliphatic rings. The number of hydrogen-bond acceptors (Lipinski definition) is 0. The van der Waals surface area contributed by atoms with Gasteiger partial charge in [0, 0.05) is 0 Å². The molecule has 0 saturated heterocycles. The monoisotopic (exact) mass is 644 g/mol. The number of rotatable bonds is 4. The molecular formula is C50H44. The van der Waals surface area contributed by atoms with E-state index in [9.17, 15) is 0 Å². The molecule has 0 fully saturated rings. The van der Waals surface area contributed by atoms with Gasteiger partial charge in [-0.15, -0.1) is 0 Å². The van der Waals surface area contributed by atoms with Crippen LogP contribution in [-0.4, -0.2) is 0 Å². The molecule has 0 bridgehead atoms. The van der Waals surface area contributed by atoms with Crippen molar-refractivity contribution in [1.82, 2.24) is 0 Å². The van der Waals surface area contributed by atoms with Crippen molar-refractivity contribution in [3.63, 3.8) is 0 Å². The quantitative estimate of drug-likeness (QED) is 0.167. The van der Waals surface area contributed by atoms with Gasteiger partial charge in [-0.1, -0.05) is 132 Å². The molecule has 0 aliphatic heterocycles. The highest BCUT2D eigenvalue weighted by atomic mass is 14.3. The third kappa shape index (κ3) is 5.05. The maximum absolute atomic E-state index is 2.47. The summed E-state index contributed by atoms with van der Waals surface area (Å²) in [5.41, 5.74) is 20.7. The van der Waals surface area contributed by atoms with Gasteiger partial charge >= 0.3 is 0 Å². The Kier molecular flexibility index (Phi) is 7.72. The normalized spacial score (nSPS) is 11.6. The van der Waals surface area contributed by atoms with Crippen molar-refractivity contribution in [2.24, 2.45) is 0 Å². The van der Waals surface area contributed by atoms with Crippen molar-refractivity contribution >= 4 is 32.3 Å². The first kappa shape index (κ1) is 31.8. The third-order valence-electron chi connectivity index (χ3n) is 11.0. The Morgan fingerprint density at radius 1 is 0.260 bits per heavy atom. The zero-order valence-corrected chi connectivity index (χ0v) is 30.5. The first-order chi connectivity index (χ1) is 24.1. The van der Waals surface area contributed by atoms with E-state index in [2.05, 4.69) is 177 Å². The molecule has 244 valence electrons. The van der Waals surface area contributed by atoms with Crippen molar-refractivity contribution in [3.05, 3.63) is 166 Å². The van der Waals surface area contributed by atoms with Crippen molar-refractivity contribution < 1.29 is 0 Å². The van der Waals surface area contributed by atoms with E-state index in [1.807, 2.05) is 0 Å². The Morgan fingerprint density at radius 2 is 0.600 bits per heavy atom. The zero-order chi connectivity index (χ0) is 34.8. The fourth-order valence-corrected chi connectivity index (χ4v) is 8.41.